The van der Waals surface area contributed by atoms with Crippen molar-refractivity contribution in [2.75, 3.05) is 18.2 Å². The number of anilines is 1. The number of amides is 1. The zero-order chi connectivity index (χ0) is 22.7. The van der Waals surface area contributed by atoms with Crippen molar-refractivity contribution < 1.29 is 9.53 Å². The SMILES string of the molecule is COc1cccc(NC(=O)CSc2nc3ccccc3c(=O)n2-c2cc(C)ccc2C)c1. The Hall–Kier alpha value is -3.58. The third kappa shape index (κ3) is 4.53. The smallest absolute Gasteiger partial charge is 0.266 e. The molecule has 0 spiro atoms. The maximum Gasteiger partial charge on any atom is 0.266 e. The van der Waals surface area contributed by atoms with Gasteiger partial charge in [0, 0.05) is 11.8 Å². The van der Waals surface area contributed by atoms with Gasteiger partial charge in [0.25, 0.3) is 5.56 Å². The molecule has 4 aromatic rings. The third-order valence-electron chi connectivity index (χ3n) is 5.04. The predicted molar refractivity (Wildman–Crippen MR) is 129 cm³/mol. The van der Waals surface area contributed by atoms with E-state index in [1.807, 2.05) is 62.4 Å². The molecule has 32 heavy (non-hydrogen) atoms. The molecule has 1 heterocycles. The molecule has 162 valence electrons. The normalized spacial score (nSPS) is 10.8. The number of nitrogens with one attached hydrogen (secondary N) is 1. The van der Waals surface area contributed by atoms with Crippen molar-refractivity contribution in [1.82, 2.24) is 9.55 Å². The highest BCUT2D eigenvalue weighted by Gasteiger charge is 2.16. The highest BCUT2D eigenvalue weighted by atomic mass is 32.2. The minimum Gasteiger partial charge on any atom is -0.497 e. The van der Waals surface area contributed by atoms with Gasteiger partial charge >= 0.3 is 0 Å². The van der Waals surface area contributed by atoms with E-state index in [0.717, 1.165) is 16.8 Å². The molecule has 6 nitrogen and oxygen atoms in total. The fraction of sp³-hybridized carbons (Fsp3) is 0.160. The van der Waals surface area contributed by atoms with Crippen LogP contribution in [-0.2, 0) is 4.79 Å². The van der Waals surface area contributed by atoms with Gasteiger partial charge in [-0.25, -0.2) is 4.98 Å². The van der Waals surface area contributed by atoms with E-state index in [1.165, 1.54) is 11.8 Å². The standard InChI is InChI=1S/C25H23N3O3S/c1-16-11-12-17(2)22(13-16)28-24(30)20-9-4-5-10-21(20)27-25(28)32-15-23(29)26-18-7-6-8-19(14-18)31-3/h4-14H,15H2,1-3H3,(H,26,29). The number of benzene rings is 3. The molecular weight excluding hydrogens is 422 g/mol. The van der Waals surface area contributed by atoms with Crippen LogP contribution in [0.2, 0.25) is 0 Å². The number of carbonyl (C=O) groups excluding carboxylic acids is 1. The molecule has 3 aromatic carbocycles. The Morgan fingerprint density at radius 2 is 1.88 bits per heavy atom. The second-order valence-corrected chi connectivity index (χ2v) is 8.35. The minimum atomic E-state index is -0.196. The summed E-state index contributed by atoms with van der Waals surface area (Å²) in [6.07, 6.45) is 0. The van der Waals surface area contributed by atoms with Crippen LogP contribution in [-0.4, -0.2) is 28.3 Å². The van der Waals surface area contributed by atoms with E-state index in [0.29, 0.717) is 27.5 Å². The van der Waals surface area contributed by atoms with Crippen molar-refractivity contribution in [3.63, 3.8) is 0 Å². The number of rotatable bonds is 6. The first kappa shape index (κ1) is 21.6. The van der Waals surface area contributed by atoms with Crippen LogP contribution in [0, 0.1) is 13.8 Å². The lowest BCUT2D eigenvalue weighted by atomic mass is 10.1. The predicted octanol–water partition coefficient (Wildman–Crippen LogP) is 4.74. The van der Waals surface area contributed by atoms with E-state index in [-0.39, 0.29) is 17.2 Å². The molecule has 1 amide bonds. The number of nitrogens with zero attached hydrogens (tertiary/aromatic N) is 2. The molecule has 0 bridgehead atoms. The summed E-state index contributed by atoms with van der Waals surface area (Å²) in [5, 5.41) is 3.88. The highest BCUT2D eigenvalue weighted by molar-refractivity contribution is 7.99. The fourth-order valence-electron chi connectivity index (χ4n) is 3.41. The number of fused-ring (bicyclic) bond motifs is 1. The molecule has 7 heteroatoms. The maximum absolute atomic E-state index is 13.4. The molecule has 0 aliphatic carbocycles. The number of carbonyl (C=O) groups is 1. The van der Waals surface area contributed by atoms with Crippen molar-refractivity contribution in [1.29, 1.82) is 0 Å². The van der Waals surface area contributed by atoms with Crippen LogP contribution in [0.4, 0.5) is 5.69 Å². The number of thioether (sulfide) groups is 1. The van der Waals surface area contributed by atoms with E-state index >= 15 is 0 Å². The molecule has 4 rings (SSSR count). The second kappa shape index (κ2) is 9.28. The number of methoxy groups -OCH3 is 1. The van der Waals surface area contributed by atoms with Gasteiger partial charge < -0.3 is 10.1 Å². The van der Waals surface area contributed by atoms with E-state index in [1.54, 1.807) is 29.9 Å². The van der Waals surface area contributed by atoms with Gasteiger partial charge in [0.1, 0.15) is 5.75 Å². The zero-order valence-electron chi connectivity index (χ0n) is 18.1. The fourth-order valence-corrected chi connectivity index (χ4v) is 4.22. The van der Waals surface area contributed by atoms with Crippen LogP contribution in [0.25, 0.3) is 16.6 Å². The summed E-state index contributed by atoms with van der Waals surface area (Å²) in [4.78, 5) is 30.7. The van der Waals surface area contributed by atoms with Gasteiger partial charge in [-0.2, -0.15) is 0 Å². The molecule has 0 unspecified atom stereocenters. The minimum absolute atomic E-state index is 0.104. The summed E-state index contributed by atoms with van der Waals surface area (Å²) >= 11 is 1.23. The summed E-state index contributed by atoms with van der Waals surface area (Å²) in [6.45, 7) is 3.94. The van der Waals surface area contributed by atoms with Gasteiger partial charge in [-0.05, 0) is 55.3 Å². The largest absolute Gasteiger partial charge is 0.497 e. The molecular formula is C25H23N3O3S. The Kier molecular flexibility index (Phi) is 6.28. The third-order valence-corrected chi connectivity index (χ3v) is 5.97. The van der Waals surface area contributed by atoms with Crippen LogP contribution < -0.4 is 15.6 Å². The Labute approximate surface area is 190 Å². The lowest BCUT2D eigenvalue weighted by Gasteiger charge is -2.16. The van der Waals surface area contributed by atoms with Crippen LogP contribution >= 0.6 is 11.8 Å². The van der Waals surface area contributed by atoms with Crippen molar-refractivity contribution in [3.05, 3.63) is 88.2 Å². The molecule has 0 atom stereocenters. The monoisotopic (exact) mass is 445 g/mol. The summed E-state index contributed by atoms with van der Waals surface area (Å²) in [6, 6.07) is 20.4. The highest BCUT2D eigenvalue weighted by Crippen LogP contribution is 2.24. The summed E-state index contributed by atoms with van der Waals surface area (Å²) in [5.74, 6) is 0.570. The number of aryl methyl sites for hydroxylation is 2. The Morgan fingerprint density at radius 1 is 1.06 bits per heavy atom. The zero-order valence-corrected chi connectivity index (χ0v) is 18.9. The van der Waals surface area contributed by atoms with Crippen molar-refractivity contribution in [2.24, 2.45) is 0 Å². The van der Waals surface area contributed by atoms with Crippen molar-refractivity contribution in [2.45, 2.75) is 19.0 Å². The van der Waals surface area contributed by atoms with Gasteiger partial charge in [0.2, 0.25) is 5.91 Å². The van der Waals surface area contributed by atoms with E-state index in [4.69, 9.17) is 9.72 Å². The maximum atomic E-state index is 13.4. The molecule has 0 fully saturated rings. The first-order valence-corrected chi connectivity index (χ1v) is 11.1. The quantitative estimate of drug-likeness (QED) is 0.343. The molecule has 1 aromatic heterocycles. The van der Waals surface area contributed by atoms with Gasteiger partial charge in [0.15, 0.2) is 5.16 Å². The number of hydrogen-bond donors (Lipinski definition) is 1. The Bertz CT molecular complexity index is 1360. The number of aromatic nitrogens is 2. The van der Waals surface area contributed by atoms with Crippen molar-refractivity contribution in [3.8, 4) is 11.4 Å². The Balaban J connectivity index is 1.69. The topological polar surface area (TPSA) is 73.2 Å². The summed E-state index contributed by atoms with van der Waals surface area (Å²) in [5.41, 5.74) is 3.86. The van der Waals surface area contributed by atoms with Gasteiger partial charge in [0.05, 0.1) is 29.5 Å². The summed E-state index contributed by atoms with van der Waals surface area (Å²) < 4.78 is 6.81. The van der Waals surface area contributed by atoms with Crippen LogP contribution in [0.15, 0.2) is 76.7 Å². The molecule has 0 aliphatic heterocycles. The van der Waals surface area contributed by atoms with E-state index in [9.17, 15) is 9.59 Å². The van der Waals surface area contributed by atoms with Gasteiger partial charge in [-0.15, -0.1) is 0 Å². The molecule has 1 N–H and O–H groups in total. The molecule has 0 saturated heterocycles. The van der Waals surface area contributed by atoms with Gasteiger partial charge in [-0.1, -0.05) is 42.1 Å². The lowest BCUT2D eigenvalue weighted by Crippen LogP contribution is -2.23. The van der Waals surface area contributed by atoms with Crippen LogP contribution in [0.3, 0.4) is 0 Å². The average Bonchev–Trinajstić information content (AvgIpc) is 2.80. The molecule has 0 aliphatic rings. The molecule has 0 saturated carbocycles. The second-order valence-electron chi connectivity index (χ2n) is 7.41. The average molecular weight is 446 g/mol. The number of hydrogen-bond acceptors (Lipinski definition) is 5. The van der Waals surface area contributed by atoms with Crippen LogP contribution in [0.1, 0.15) is 11.1 Å². The number of para-hydroxylation sites is 1. The van der Waals surface area contributed by atoms with E-state index < -0.39 is 0 Å². The molecule has 0 radical (unpaired) electrons. The van der Waals surface area contributed by atoms with Crippen LogP contribution in [0.5, 0.6) is 5.75 Å². The number of ether oxygens (including phenoxy) is 1. The first-order valence-electron chi connectivity index (χ1n) is 10.1. The van der Waals surface area contributed by atoms with Crippen molar-refractivity contribution >= 4 is 34.3 Å². The van der Waals surface area contributed by atoms with Gasteiger partial charge in [-0.3, -0.25) is 14.2 Å². The summed E-state index contributed by atoms with van der Waals surface area (Å²) in [7, 11) is 1.58. The lowest BCUT2D eigenvalue weighted by molar-refractivity contribution is -0.113. The first-order chi connectivity index (χ1) is 15.5. The Morgan fingerprint density at radius 3 is 2.69 bits per heavy atom. The van der Waals surface area contributed by atoms with E-state index in [2.05, 4.69) is 5.32 Å².